The molecule has 106 valence electrons. The Morgan fingerprint density at radius 3 is 2.35 bits per heavy atom. The maximum Gasteiger partial charge on any atom is 0.261 e. The number of halogens is 1. The largest absolute Gasteiger partial charge is 0.347 e. The number of carbonyl (C=O) groups is 1. The van der Waals surface area contributed by atoms with E-state index in [0.717, 1.165) is 5.56 Å². The third-order valence-corrected chi connectivity index (χ3v) is 4.66. The van der Waals surface area contributed by atoms with E-state index in [4.69, 9.17) is 16.7 Å². The first-order valence-electron chi connectivity index (χ1n) is 5.51. The fourth-order valence-corrected chi connectivity index (χ4v) is 2.98. The summed E-state index contributed by atoms with van der Waals surface area (Å²) in [6.07, 6.45) is 0. The minimum absolute atomic E-state index is 0.0395. The standard InChI is InChI=1S/C12H11ClN2O3S2/c13-11-6-5-10(19-11)12(16)15-7-8-1-3-9(4-2-8)20(14,17)18/h1-6H,7H2,(H,15,16)(H2,14,17,18). The van der Waals surface area contributed by atoms with Gasteiger partial charge in [0.15, 0.2) is 0 Å². The molecule has 3 N–H and O–H groups in total. The summed E-state index contributed by atoms with van der Waals surface area (Å²) in [5.74, 6) is -0.225. The lowest BCUT2D eigenvalue weighted by Crippen LogP contribution is -2.21. The van der Waals surface area contributed by atoms with Gasteiger partial charge in [0.05, 0.1) is 14.1 Å². The summed E-state index contributed by atoms with van der Waals surface area (Å²) in [5.41, 5.74) is 0.772. The Kier molecular flexibility index (Phi) is 4.44. The molecule has 0 aliphatic carbocycles. The molecule has 5 nitrogen and oxygen atoms in total. The van der Waals surface area contributed by atoms with Crippen LogP contribution in [0.3, 0.4) is 0 Å². The lowest BCUT2D eigenvalue weighted by Gasteiger charge is -2.04. The molecule has 0 aliphatic heterocycles. The Balaban J connectivity index is 1.99. The van der Waals surface area contributed by atoms with Crippen molar-refractivity contribution < 1.29 is 13.2 Å². The molecule has 0 bridgehead atoms. The second-order valence-corrected chi connectivity index (χ2v) is 7.25. The van der Waals surface area contributed by atoms with Gasteiger partial charge in [-0.3, -0.25) is 4.79 Å². The molecule has 0 saturated carbocycles. The number of nitrogens with one attached hydrogen (secondary N) is 1. The highest BCUT2D eigenvalue weighted by molar-refractivity contribution is 7.89. The quantitative estimate of drug-likeness (QED) is 0.898. The predicted molar refractivity (Wildman–Crippen MR) is 78.3 cm³/mol. The highest BCUT2D eigenvalue weighted by Gasteiger charge is 2.09. The molecule has 0 unspecified atom stereocenters. The van der Waals surface area contributed by atoms with Crippen LogP contribution in [0.5, 0.6) is 0 Å². The van der Waals surface area contributed by atoms with Crippen LogP contribution in [0.4, 0.5) is 0 Å². The normalized spacial score (nSPS) is 11.3. The maximum atomic E-state index is 11.8. The molecule has 0 spiro atoms. The third kappa shape index (κ3) is 3.80. The minimum Gasteiger partial charge on any atom is -0.347 e. The van der Waals surface area contributed by atoms with Gasteiger partial charge in [0.1, 0.15) is 0 Å². The van der Waals surface area contributed by atoms with E-state index in [9.17, 15) is 13.2 Å². The summed E-state index contributed by atoms with van der Waals surface area (Å²) in [5, 5.41) is 7.72. The first-order valence-corrected chi connectivity index (χ1v) is 8.25. The average Bonchev–Trinajstić information content (AvgIpc) is 2.82. The van der Waals surface area contributed by atoms with Gasteiger partial charge < -0.3 is 5.32 Å². The molecular formula is C12H11ClN2O3S2. The molecule has 1 aromatic heterocycles. The van der Waals surface area contributed by atoms with Gasteiger partial charge in [-0.2, -0.15) is 0 Å². The summed E-state index contributed by atoms with van der Waals surface area (Å²) in [4.78, 5) is 12.3. The number of benzene rings is 1. The van der Waals surface area contributed by atoms with Crippen molar-refractivity contribution in [2.75, 3.05) is 0 Å². The molecule has 20 heavy (non-hydrogen) atoms. The molecule has 0 radical (unpaired) electrons. The minimum atomic E-state index is -3.69. The van der Waals surface area contributed by atoms with Crippen LogP contribution in [0.15, 0.2) is 41.3 Å². The molecular weight excluding hydrogens is 320 g/mol. The summed E-state index contributed by atoms with van der Waals surface area (Å²) in [6, 6.07) is 9.30. The van der Waals surface area contributed by atoms with Crippen LogP contribution in [0, 0.1) is 0 Å². The van der Waals surface area contributed by atoms with Crippen LogP contribution in [0.25, 0.3) is 0 Å². The van der Waals surface area contributed by atoms with Gasteiger partial charge >= 0.3 is 0 Å². The fourth-order valence-electron chi connectivity index (χ4n) is 1.50. The summed E-state index contributed by atoms with van der Waals surface area (Å²) in [7, 11) is -3.69. The van der Waals surface area contributed by atoms with E-state index in [1.54, 1.807) is 24.3 Å². The number of rotatable bonds is 4. The number of thiophene rings is 1. The molecule has 2 aromatic rings. The number of primary sulfonamides is 1. The van der Waals surface area contributed by atoms with Crippen molar-refractivity contribution in [2.45, 2.75) is 11.4 Å². The Morgan fingerprint density at radius 2 is 1.85 bits per heavy atom. The molecule has 0 atom stereocenters. The molecule has 0 saturated heterocycles. The van der Waals surface area contributed by atoms with E-state index in [-0.39, 0.29) is 10.8 Å². The zero-order valence-electron chi connectivity index (χ0n) is 10.2. The van der Waals surface area contributed by atoms with Crippen LogP contribution in [0.2, 0.25) is 4.34 Å². The van der Waals surface area contributed by atoms with Crippen molar-refractivity contribution in [1.29, 1.82) is 0 Å². The SMILES string of the molecule is NS(=O)(=O)c1ccc(CNC(=O)c2ccc(Cl)s2)cc1. The van der Waals surface area contributed by atoms with Crippen molar-refractivity contribution in [3.8, 4) is 0 Å². The summed E-state index contributed by atoms with van der Waals surface area (Å²) < 4.78 is 22.7. The van der Waals surface area contributed by atoms with Crippen LogP contribution >= 0.6 is 22.9 Å². The molecule has 1 amide bonds. The van der Waals surface area contributed by atoms with E-state index in [1.807, 2.05) is 0 Å². The van der Waals surface area contributed by atoms with Crippen LogP contribution in [-0.2, 0) is 16.6 Å². The second kappa shape index (κ2) is 5.92. The number of carbonyl (C=O) groups excluding carboxylic acids is 1. The number of amides is 1. The topological polar surface area (TPSA) is 89.3 Å². The first-order chi connectivity index (χ1) is 9.36. The van der Waals surface area contributed by atoms with E-state index >= 15 is 0 Å². The average molecular weight is 331 g/mol. The monoisotopic (exact) mass is 330 g/mol. The number of nitrogens with two attached hydrogens (primary N) is 1. The van der Waals surface area contributed by atoms with Crippen molar-refractivity contribution in [2.24, 2.45) is 5.14 Å². The lowest BCUT2D eigenvalue weighted by atomic mass is 10.2. The lowest BCUT2D eigenvalue weighted by molar-refractivity contribution is 0.0955. The Bertz CT molecular complexity index is 723. The smallest absolute Gasteiger partial charge is 0.261 e. The van der Waals surface area contributed by atoms with Gasteiger partial charge in [0, 0.05) is 6.54 Å². The third-order valence-electron chi connectivity index (χ3n) is 2.50. The summed E-state index contributed by atoms with van der Waals surface area (Å²) >= 11 is 6.95. The molecule has 8 heteroatoms. The van der Waals surface area contributed by atoms with Gasteiger partial charge in [0.25, 0.3) is 5.91 Å². The van der Waals surface area contributed by atoms with Gasteiger partial charge in [0.2, 0.25) is 10.0 Å². The van der Waals surface area contributed by atoms with Gasteiger partial charge in [-0.25, -0.2) is 13.6 Å². The van der Waals surface area contributed by atoms with Crippen molar-refractivity contribution >= 4 is 38.9 Å². The number of sulfonamides is 1. The Hall–Kier alpha value is -1.41. The fraction of sp³-hybridized carbons (Fsp3) is 0.0833. The highest BCUT2D eigenvalue weighted by Crippen LogP contribution is 2.21. The maximum absolute atomic E-state index is 11.8. The van der Waals surface area contributed by atoms with E-state index < -0.39 is 10.0 Å². The molecule has 1 heterocycles. The zero-order valence-corrected chi connectivity index (χ0v) is 12.6. The van der Waals surface area contributed by atoms with Gasteiger partial charge in [-0.1, -0.05) is 23.7 Å². The van der Waals surface area contributed by atoms with Gasteiger partial charge in [-0.15, -0.1) is 11.3 Å². The Labute approximate surface area is 125 Å². The zero-order chi connectivity index (χ0) is 14.8. The van der Waals surface area contributed by atoms with Gasteiger partial charge in [-0.05, 0) is 29.8 Å². The van der Waals surface area contributed by atoms with Crippen LogP contribution < -0.4 is 10.5 Å². The van der Waals surface area contributed by atoms with E-state index in [1.165, 1.54) is 23.5 Å². The van der Waals surface area contributed by atoms with E-state index in [0.29, 0.717) is 15.8 Å². The predicted octanol–water partition coefficient (Wildman–Crippen LogP) is 1.98. The van der Waals surface area contributed by atoms with E-state index in [2.05, 4.69) is 5.32 Å². The first kappa shape index (κ1) is 15.0. The van der Waals surface area contributed by atoms with Crippen molar-refractivity contribution in [3.63, 3.8) is 0 Å². The van der Waals surface area contributed by atoms with Crippen molar-refractivity contribution in [3.05, 3.63) is 51.2 Å². The second-order valence-electron chi connectivity index (χ2n) is 3.98. The number of hydrogen-bond acceptors (Lipinski definition) is 4. The molecule has 0 aliphatic rings. The van der Waals surface area contributed by atoms with Crippen molar-refractivity contribution in [1.82, 2.24) is 5.32 Å². The number of hydrogen-bond donors (Lipinski definition) is 2. The Morgan fingerprint density at radius 1 is 1.20 bits per heavy atom. The molecule has 2 rings (SSSR count). The molecule has 0 fully saturated rings. The summed E-state index contributed by atoms with van der Waals surface area (Å²) in [6.45, 7) is 0.291. The highest BCUT2D eigenvalue weighted by atomic mass is 35.5. The van der Waals surface area contributed by atoms with Crippen LogP contribution in [-0.4, -0.2) is 14.3 Å². The van der Waals surface area contributed by atoms with Crippen LogP contribution in [0.1, 0.15) is 15.2 Å². The molecule has 1 aromatic carbocycles.